The fourth-order valence-electron chi connectivity index (χ4n) is 2.28. The average molecular weight is 297 g/mol. The van der Waals surface area contributed by atoms with E-state index in [4.69, 9.17) is 5.11 Å². The van der Waals surface area contributed by atoms with E-state index in [-0.39, 0.29) is 6.61 Å². The SMILES string of the molecule is C=C(C)C(F)(/C=C/C)c1ccc(-c2ccc(CO)cc2)nc1. The van der Waals surface area contributed by atoms with Gasteiger partial charge in [-0.2, -0.15) is 0 Å². The predicted molar refractivity (Wildman–Crippen MR) is 88.0 cm³/mol. The fourth-order valence-corrected chi connectivity index (χ4v) is 2.28. The van der Waals surface area contributed by atoms with Crippen LogP contribution in [0.25, 0.3) is 11.3 Å². The molecule has 2 nitrogen and oxygen atoms in total. The van der Waals surface area contributed by atoms with Gasteiger partial charge in [-0.1, -0.05) is 43.0 Å². The topological polar surface area (TPSA) is 33.1 Å². The molecule has 0 aliphatic carbocycles. The first kappa shape index (κ1) is 16.1. The van der Waals surface area contributed by atoms with Crippen molar-refractivity contribution >= 4 is 0 Å². The third-order valence-electron chi connectivity index (χ3n) is 3.63. The lowest BCUT2D eigenvalue weighted by atomic mass is 9.90. The standard InChI is InChI=1S/C19H20FNO/c1-4-11-19(20,14(2)3)17-9-10-18(21-12-17)16-7-5-15(13-22)6-8-16/h4-12,22H,2,13H2,1,3H3/b11-4+. The molecule has 1 atom stereocenters. The first-order valence-electron chi connectivity index (χ1n) is 7.16. The van der Waals surface area contributed by atoms with Gasteiger partial charge in [0.25, 0.3) is 0 Å². The van der Waals surface area contributed by atoms with Gasteiger partial charge in [0.15, 0.2) is 5.67 Å². The first-order chi connectivity index (χ1) is 10.5. The number of alkyl halides is 1. The summed E-state index contributed by atoms with van der Waals surface area (Å²) in [6.45, 7) is 7.20. The van der Waals surface area contributed by atoms with E-state index in [0.717, 1.165) is 16.8 Å². The largest absolute Gasteiger partial charge is 0.392 e. The maximum absolute atomic E-state index is 15.0. The number of halogens is 1. The second-order valence-electron chi connectivity index (χ2n) is 5.28. The van der Waals surface area contributed by atoms with Gasteiger partial charge in [0.1, 0.15) is 0 Å². The van der Waals surface area contributed by atoms with Gasteiger partial charge in [-0.05, 0) is 37.1 Å². The Kier molecular flexibility index (Phi) is 4.88. The Morgan fingerprint density at radius 2 is 1.95 bits per heavy atom. The second-order valence-corrected chi connectivity index (χ2v) is 5.28. The van der Waals surface area contributed by atoms with Crippen molar-refractivity contribution in [2.24, 2.45) is 0 Å². The van der Waals surface area contributed by atoms with Crippen LogP contribution in [-0.2, 0) is 12.3 Å². The maximum atomic E-state index is 15.0. The van der Waals surface area contributed by atoms with Crippen LogP contribution >= 0.6 is 0 Å². The normalized spacial score (nSPS) is 14.0. The zero-order valence-electron chi connectivity index (χ0n) is 12.9. The van der Waals surface area contributed by atoms with E-state index < -0.39 is 5.67 Å². The van der Waals surface area contributed by atoms with Crippen molar-refractivity contribution < 1.29 is 9.50 Å². The summed E-state index contributed by atoms with van der Waals surface area (Å²) in [5, 5.41) is 9.06. The number of aromatic nitrogens is 1. The molecule has 3 heteroatoms. The van der Waals surface area contributed by atoms with Crippen LogP contribution in [-0.4, -0.2) is 10.1 Å². The number of aliphatic hydroxyl groups is 1. The van der Waals surface area contributed by atoms with Gasteiger partial charge in [-0.3, -0.25) is 4.98 Å². The molecule has 0 saturated carbocycles. The summed E-state index contributed by atoms with van der Waals surface area (Å²) in [5.74, 6) is 0. The molecule has 0 fully saturated rings. The molecule has 114 valence electrons. The van der Waals surface area contributed by atoms with Crippen molar-refractivity contribution in [1.82, 2.24) is 4.98 Å². The van der Waals surface area contributed by atoms with Gasteiger partial charge in [-0.15, -0.1) is 0 Å². The molecule has 2 aromatic rings. The van der Waals surface area contributed by atoms with E-state index in [9.17, 15) is 0 Å². The second kappa shape index (κ2) is 6.67. The van der Waals surface area contributed by atoms with Gasteiger partial charge in [0.05, 0.1) is 12.3 Å². The summed E-state index contributed by atoms with van der Waals surface area (Å²) in [7, 11) is 0. The van der Waals surface area contributed by atoms with E-state index in [1.54, 1.807) is 38.3 Å². The van der Waals surface area contributed by atoms with Crippen LogP contribution in [0.5, 0.6) is 0 Å². The quantitative estimate of drug-likeness (QED) is 0.821. The van der Waals surface area contributed by atoms with Crippen LogP contribution in [0.4, 0.5) is 4.39 Å². The van der Waals surface area contributed by atoms with Gasteiger partial charge in [0, 0.05) is 17.3 Å². The molecule has 0 aliphatic heterocycles. The Balaban J connectivity index is 2.35. The van der Waals surface area contributed by atoms with Crippen molar-refractivity contribution in [2.75, 3.05) is 0 Å². The van der Waals surface area contributed by atoms with Gasteiger partial charge in [0.2, 0.25) is 0 Å². The summed E-state index contributed by atoms with van der Waals surface area (Å²) in [6, 6.07) is 11.0. The van der Waals surface area contributed by atoms with E-state index in [1.807, 2.05) is 24.3 Å². The molecule has 1 heterocycles. The lowest BCUT2D eigenvalue weighted by Crippen LogP contribution is -2.18. The Morgan fingerprint density at radius 1 is 1.27 bits per heavy atom. The molecule has 0 spiro atoms. The Labute approximate surface area is 130 Å². The van der Waals surface area contributed by atoms with Gasteiger partial charge in [-0.25, -0.2) is 4.39 Å². The number of allylic oxidation sites excluding steroid dienone is 3. The van der Waals surface area contributed by atoms with Crippen LogP contribution < -0.4 is 0 Å². The summed E-state index contributed by atoms with van der Waals surface area (Å²) < 4.78 is 15.0. The highest BCUT2D eigenvalue weighted by Gasteiger charge is 2.30. The average Bonchev–Trinajstić information content (AvgIpc) is 2.55. The number of nitrogens with zero attached hydrogens (tertiary/aromatic N) is 1. The highest BCUT2D eigenvalue weighted by molar-refractivity contribution is 5.59. The van der Waals surface area contributed by atoms with Crippen LogP contribution in [0, 0.1) is 0 Å². The molecule has 0 amide bonds. The van der Waals surface area contributed by atoms with E-state index in [2.05, 4.69) is 11.6 Å². The number of aliphatic hydroxyl groups excluding tert-OH is 1. The highest BCUT2D eigenvalue weighted by atomic mass is 19.1. The maximum Gasteiger partial charge on any atom is 0.176 e. The number of hydrogen-bond acceptors (Lipinski definition) is 2. The minimum atomic E-state index is -1.69. The van der Waals surface area contributed by atoms with E-state index >= 15 is 4.39 Å². The lowest BCUT2D eigenvalue weighted by Gasteiger charge is -2.22. The fraction of sp³-hybridized carbons (Fsp3) is 0.211. The summed E-state index contributed by atoms with van der Waals surface area (Å²) >= 11 is 0. The lowest BCUT2D eigenvalue weighted by molar-refractivity contribution is 0.282. The molecule has 0 aliphatic rings. The van der Waals surface area contributed by atoms with E-state index in [1.165, 1.54) is 6.08 Å². The molecule has 0 saturated heterocycles. The number of rotatable bonds is 5. The van der Waals surface area contributed by atoms with E-state index in [0.29, 0.717) is 11.1 Å². The minimum absolute atomic E-state index is 0.0129. The molecule has 0 radical (unpaired) electrons. The molecule has 1 aromatic heterocycles. The minimum Gasteiger partial charge on any atom is -0.392 e. The molecule has 1 aromatic carbocycles. The Bertz CT molecular complexity index is 674. The summed E-state index contributed by atoms with van der Waals surface area (Å²) in [5.41, 5.74) is 1.73. The first-order valence-corrected chi connectivity index (χ1v) is 7.16. The van der Waals surface area contributed by atoms with Crippen LogP contribution in [0.3, 0.4) is 0 Å². The molecule has 1 N–H and O–H groups in total. The summed E-state index contributed by atoms with van der Waals surface area (Å²) in [4.78, 5) is 4.36. The Morgan fingerprint density at radius 3 is 2.41 bits per heavy atom. The number of hydrogen-bond donors (Lipinski definition) is 1. The number of pyridine rings is 1. The smallest absolute Gasteiger partial charge is 0.176 e. The highest BCUT2D eigenvalue weighted by Crippen LogP contribution is 2.34. The molecule has 1 unspecified atom stereocenters. The predicted octanol–water partition coefficient (Wildman–Crippen LogP) is 4.56. The third kappa shape index (κ3) is 3.15. The molecular weight excluding hydrogens is 277 g/mol. The monoisotopic (exact) mass is 297 g/mol. The number of benzene rings is 1. The Hall–Kier alpha value is -2.26. The van der Waals surface area contributed by atoms with Crippen molar-refractivity contribution in [3.63, 3.8) is 0 Å². The van der Waals surface area contributed by atoms with Crippen LogP contribution in [0.1, 0.15) is 25.0 Å². The molecule has 2 rings (SSSR count). The van der Waals surface area contributed by atoms with Crippen molar-refractivity contribution in [3.05, 3.63) is 78.0 Å². The zero-order valence-corrected chi connectivity index (χ0v) is 12.9. The van der Waals surface area contributed by atoms with Crippen LogP contribution in [0.15, 0.2) is 66.9 Å². The van der Waals surface area contributed by atoms with Gasteiger partial charge < -0.3 is 5.11 Å². The van der Waals surface area contributed by atoms with Crippen molar-refractivity contribution in [3.8, 4) is 11.3 Å². The van der Waals surface area contributed by atoms with Crippen molar-refractivity contribution in [1.29, 1.82) is 0 Å². The third-order valence-corrected chi connectivity index (χ3v) is 3.63. The van der Waals surface area contributed by atoms with Gasteiger partial charge >= 0.3 is 0 Å². The summed E-state index contributed by atoms with van der Waals surface area (Å²) in [6.07, 6.45) is 4.71. The molecule has 22 heavy (non-hydrogen) atoms. The molecular formula is C19H20FNO. The zero-order chi connectivity index (χ0) is 16.2. The van der Waals surface area contributed by atoms with Crippen molar-refractivity contribution in [2.45, 2.75) is 26.1 Å². The molecule has 0 bridgehead atoms. The van der Waals surface area contributed by atoms with Crippen LogP contribution in [0.2, 0.25) is 0 Å².